The number of nitro groups is 1. The van der Waals surface area contributed by atoms with Gasteiger partial charge in [0.05, 0.1) is 9.82 Å². The Morgan fingerprint density at radius 1 is 1.29 bits per heavy atom. The van der Waals surface area contributed by atoms with Crippen molar-refractivity contribution < 1.29 is 18.1 Å². The summed E-state index contributed by atoms with van der Waals surface area (Å²) in [5.41, 5.74) is -0.267. The number of amides is 1. The number of piperazine rings is 1. The number of sulfonamides is 1. The molecule has 0 aliphatic carbocycles. The highest BCUT2D eigenvalue weighted by Gasteiger charge is 2.30. The fourth-order valence-corrected chi connectivity index (χ4v) is 3.94. The standard InChI is InChI=1S/C14H20N4O5S/c1-15-6-5-14(19)16-7-9-17(10-8-16)24(22,23)13-4-2-3-12(11-13)18(20)21/h2-4,11,15H,5-10H2,1H3. The highest BCUT2D eigenvalue weighted by Crippen LogP contribution is 2.22. The van der Waals surface area contributed by atoms with Gasteiger partial charge in [-0.3, -0.25) is 14.9 Å². The SMILES string of the molecule is CNCCC(=O)N1CCN(S(=O)(=O)c2cccc([N+](=O)[O-])c2)CC1. The van der Waals surface area contributed by atoms with E-state index < -0.39 is 14.9 Å². The van der Waals surface area contributed by atoms with Gasteiger partial charge in [0, 0.05) is 51.3 Å². The molecule has 0 bridgehead atoms. The summed E-state index contributed by atoms with van der Waals surface area (Å²) in [7, 11) is -2.04. The molecule has 0 saturated carbocycles. The zero-order chi connectivity index (χ0) is 17.7. The third kappa shape index (κ3) is 4.08. The van der Waals surface area contributed by atoms with Crippen LogP contribution >= 0.6 is 0 Å². The predicted octanol–water partition coefficient (Wildman–Crippen LogP) is 0.0372. The fourth-order valence-electron chi connectivity index (χ4n) is 2.47. The highest BCUT2D eigenvalue weighted by molar-refractivity contribution is 7.89. The molecule has 0 spiro atoms. The lowest BCUT2D eigenvalue weighted by atomic mass is 10.3. The van der Waals surface area contributed by atoms with Crippen molar-refractivity contribution in [3.05, 3.63) is 34.4 Å². The minimum absolute atomic E-state index is 0.0169. The molecule has 24 heavy (non-hydrogen) atoms. The number of benzene rings is 1. The molecule has 0 unspecified atom stereocenters. The Kier molecular flexibility index (Phi) is 5.86. The average molecular weight is 356 g/mol. The first-order chi connectivity index (χ1) is 11.4. The van der Waals surface area contributed by atoms with Crippen LogP contribution in [-0.4, -0.2) is 68.2 Å². The molecule has 132 valence electrons. The van der Waals surface area contributed by atoms with Gasteiger partial charge in [0.15, 0.2) is 0 Å². The van der Waals surface area contributed by atoms with Gasteiger partial charge in [-0.15, -0.1) is 0 Å². The van der Waals surface area contributed by atoms with Gasteiger partial charge in [-0.1, -0.05) is 6.07 Å². The van der Waals surface area contributed by atoms with Gasteiger partial charge in [-0.05, 0) is 13.1 Å². The van der Waals surface area contributed by atoms with E-state index in [0.717, 1.165) is 6.07 Å². The molecule has 1 aliphatic rings. The smallest absolute Gasteiger partial charge is 0.270 e. The monoisotopic (exact) mass is 356 g/mol. The van der Waals surface area contributed by atoms with Crippen LogP contribution in [0.5, 0.6) is 0 Å². The first kappa shape index (κ1) is 18.3. The Hall–Kier alpha value is -2.04. The van der Waals surface area contributed by atoms with Gasteiger partial charge in [0.25, 0.3) is 5.69 Å². The number of carbonyl (C=O) groups excluding carboxylic acids is 1. The summed E-state index contributed by atoms with van der Waals surface area (Å²) in [4.78, 5) is 23.7. The first-order valence-electron chi connectivity index (χ1n) is 7.53. The Labute approximate surface area is 140 Å². The van der Waals surface area contributed by atoms with Crippen LogP contribution < -0.4 is 5.32 Å². The van der Waals surface area contributed by atoms with E-state index >= 15 is 0 Å². The first-order valence-corrected chi connectivity index (χ1v) is 8.97. The molecule has 10 heteroatoms. The molecule has 9 nitrogen and oxygen atoms in total. The molecule has 1 N–H and O–H groups in total. The number of non-ortho nitro benzene ring substituents is 1. The summed E-state index contributed by atoms with van der Waals surface area (Å²) in [6.45, 7) is 1.56. The third-order valence-corrected chi connectivity index (χ3v) is 5.74. The molecule has 1 heterocycles. The van der Waals surface area contributed by atoms with Crippen LogP contribution in [0.2, 0.25) is 0 Å². The van der Waals surface area contributed by atoms with Crippen molar-refractivity contribution >= 4 is 21.6 Å². The van der Waals surface area contributed by atoms with Crippen LogP contribution in [0.3, 0.4) is 0 Å². The van der Waals surface area contributed by atoms with Crippen LogP contribution in [0.25, 0.3) is 0 Å². The Bertz CT molecular complexity index is 714. The van der Waals surface area contributed by atoms with Crippen molar-refractivity contribution in [2.75, 3.05) is 39.8 Å². The molecule has 2 rings (SSSR count). The lowest BCUT2D eigenvalue weighted by Gasteiger charge is -2.34. The highest BCUT2D eigenvalue weighted by atomic mass is 32.2. The predicted molar refractivity (Wildman–Crippen MR) is 87.0 cm³/mol. The van der Waals surface area contributed by atoms with E-state index in [1.165, 1.54) is 22.5 Å². The number of hydrogen-bond donors (Lipinski definition) is 1. The average Bonchev–Trinajstić information content (AvgIpc) is 2.59. The zero-order valence-electron chi connectivity index (χ0n) is 13.3. The molecule has 1 aliphatic heterocycles. The minimum atomic E-state index is -3.81. The molecule has 1 amide bonds. The van der Waals surface area contributed by atoms with Gasteiger partial charge >= 0.3 is 0 Å². The summed E-state index contributed by atoms with van der Waals surface area (Å²) in [6, 6.07) is 4.99. The van der Waals surface area contributed by atoms with Crippen LogP contribution in [0.4, 0.5) is 5.69 Å². The van der Waals surface area contributed by atoms with E-state index in [9.17, 15) is 23.3 Å². The largest absolute Gasteiger partial charge is 0.340 e. The lowest BCUT2D eigenvalue weighted by molar-refractivity contribution is -0.385. The van der Waals surface area contributed by atoms with Crippen molar-refractivity contribution in [2.45, 2.75) is 11.3 Å². The molecule has 1 fully saturated rings. The van der Waals surface area contributed by atoms with Crippen molar-refractivity contribution in [3.63, 3.8) is 0 Å². The Balaban J connectivity index is 2.06. The van der Waals surface area contributed by atoms with E-state index in [0.29, 0.717) is 26.1 Å². The minimum Gasteiger partial charge on any atom is -0.340 e. The van der Waals surface area contributed by atoms with E-state index in [2.05, 4.69) is 5.32 Å². The van der Waals surface area contributed by atoms with Gasteiger partial charge in [-0.25, -0.2) is 8.42 Å². The second kappa shape index (κ2) is 7.69. The van der Waals surface area contributed by atoms with Crippen molar-refractivity contribution in [1.29, 1.82) is 0 Å². The summed E-state index contributed by atoms with van der Waals surface area (Å²) < 4.78 is 26.5. The maximum Gasteiger partial charge on any atom is 0.270 e. The molecule has 0 radical (unpaired) electrons. The molecular formula is C14H20N4O5S. The van der Waals surface area contributed by atoms with Gasteiger partial charge in [-0.2, -0.15) is 4.31 Å². The van der Waals surface area contributed by atoms with Crippen molar-refractivity contribution in [3.8, 4) is 0 Å². The van der Waals surface area contributed by atoms with E-state index in [1.807, 2.05) is 0 Å². The number of hydrogen-bond acceptors (Lipinski definition) is 6. The maximum atomic E-state index is 12.6. The summed E-state index contributed by atoms with van der Waals surface area (Å²) in [5.74, 6) is -0.0169. The van der Waals surface area contributed by atoms with E-state index in [1.54, 1.807) is 11.9 Å². The molecule has 0 aromatic heterocycles. The Morgan fingerprint density at radius 2 is 1.96 bits per heavy atom. The molecular weight excluding hydrogens is 336 g/mol. The third-order valence-electron chi connectivity index (χ3n) is 3.85. The van der Waals surface area contributed by atoms with E-state index in [-0.39, 0.29) is 29.6 Å². The molecule has 1 aromatic rings. The summed E-state index contributed by atoms with van der Waals surface area (Å²) in [5, 5.41) is 13.7. The van der Waals surface area contributed by atoms with Gasteiger partial charge in [0.1, 0.15) is 0 Å². The van der Waals surface area contributed by atoms with Crippen LogP contribution in [0.1, 0.15) is 6.42 Å². The summed E-state index contributed by atoms with van der Waals surface area (Å²) in [6.07, 6.45) is 0.369. The molecule has 1 aromatic carbocycles. The van der Waals surface area contributed by atoms with Crippen molar-refractivity contribution in [1.82, 2.24) is 14.5 Å². The number of carbonyl (C=O) groups is 1. The van der Waals surface area contributed by atoms with Crippen LogP contribution in [0, 0.1) is 10.1 Å². The second-order valence-electron chi connectivity index (χ2n) is 5.39. The van der Waals surface area contributed by atoms with E-state index in [4.69, 9.17) is 0 Å². The maximum absolute atomic E-state index is 12.6. The second-order valence-corrected chi connectivity index (χ2v) is 7.33. The lowest BCUT2D eigenvalue weighted by Crippen LogP contribution is -2.50. The molecule has 1 saturated heterocycles. The number of nitrogens with one attached hydrogen (secondary N) is 1. The Morgan fingerprint density at radius 3 is 2.54 bits per heavy atom. The zero-order valence-corrected chi connectivity index (χ0v) is 14.2. The number of nitro benzene ring substituents is 1. The molecule has 0 atom stereocenters. The van der Waals surface area contributed by atoms with Gasteiger partial charge < -0.3 is 10.2 Å². The summed E-state index contributed by atoms with van der Waals surface area (Å²) >= 11 is 0. The normalized spacial score (nSPS) is 16.1. The number of nitrogens with zero attached hydrogens (tertiary/aromatic N) is 3. The van der Waals surface area contributed by atoms with Gasteiger partial charge in [0.2, 0.25) is 15.9 Å². The van der Waals surface area contributed by atoms with Crippen LogP contribution in [0.15, 0.2) is 29.2 Å². The van der Waals surface area contributed by atoms with Crippen molar-refractivity contribution in [2.24, 2.45) is 0 Å². The quantitative estimate of drug-likeness (QED) is 0.569. The van der Waals surface area contributed by atoms with Crippen LogP contribution in [-0.2, 0) is 14.8 Å². The number of rotatable bonds is 6. The topological polar surface area (TPSA) is 113 Å². The fraction of sp³-hybridized carbons (Fsp3) is 0.500.